The lowest BCUT2D eigenvalue weighted by atomic mass is 10.1. The molecule has 0 atom stereocenters. The lowest BCUT2D eigenvalue weighted by Crippen LogP contribution is -2.31. The Morgan fingerprint density at radius 1 is 1.17 bits per heavy atom. The van der Waals surface area contributed by atoms with E-state index in [9.17, 15) is 4.79 Å². The number of hydrogen-bond acceptors (Lipinski definition) is 4. The second-order valence-corrected chi connectivity index (χ2v) is 6.15. The fraction of sp³-hybridized carbons (Fsp3) is 0.222. The third kappa shape index (κ3) is 4.17. The van der Waals surface area contributed by atoms with Gasteiger partial charge in [0.05, 0.1) is 25.9 Å². The summed E-state index contributed by atoms with van der Waals surface area (Å²) in [6, 6.07) is 15.0. The number of ether oxygens (including phenoxy) is 2. The number of rotatable bonds is 6. The van der Waals surface area contributed by atoms with Crippen LogP contribution in [0.15, 0.2) is 42.5 Å². The number of amides is 1. The zero-order valence-electron chi connectivity index (χ0n) is 13.5. The molecule has 0 saturated heterocycles. The molecule has 0 N–H and O–H groups in total. The van der Waals surface area contributed by atoms with Gasteiger partial charge in [-0.1, -0.05) is 30.3 Å². The Kier molecular flexibility index (Phi) is 6.44. The molecule has 0 aliphatic rings. The summed E-state index contributed by atoms with van der Waals surface area (Å²) in [6.45, 7) is 0.385. The predicted octanol–water partition coefficient (Wildman–Crippen LogP) is 3.47. The normalized spacial score (nSPS) is 9.92. The summed E-state index contributed by atoms with van der Waals surface area (Å²) in [7, 11) is 3.07. The number of benzene rings is 2. The summed E-state index contributed by atoms with van der Waals surface area (Å²) < 4.78 is 11.3. The molecular weight excluding hydrogens is 419 g/mol. The highest BCUT2D eigenvalue weighted by Gasteiger charge is 2.21. The van der Waals surface area contributed by atoms with Gasteiger partial charge in [-0.25, -0.2) is 0 Å². The van der Waals surface area contributed by atoms with Crippen LogP contribution in [-0.4, -0.2) is 31.6 Å². The van der Waals surface area contributed by atoms with E-state index in [0.29, 0.717) is 23.6 Å². The van der Waals surface area contributed by atoms with E-state index >= 15 is 0 Å². The Labute approximate surface area is 154 Å². The smallest absolute Gasteiger partial charge is 0.256 e. The van der Waals surface area contributed by atoms with Crippen molar-refractivity contribution in [2.75, 3.05) is 20.8 Å². The van der Waals surface area contributed by atoms with Crippen LogP contribution < -0.4 is 9.47 Å². The molecule has 2 aromatic rings. The van der Waals surface area contributed by atoms with Gasteiger partial charge in [-0.3, -0.25) is 4.79 Å². The number of halogens is 1. The summed E-state index contributed by atoms with van der Waals surface area (Å²) in [6.07, 6.45) is 0. The van der Waals surface area contributed by atoms with E-state index in [1.807, 2.05) is 30.3 Å². The standard InChI is InChI=1S/C18H17IN2O3/c1-23-16-10-14(15(19)11-17(16)24-2)18(22)21(9-8-20)12-13-6-4-3-5-7-13/h3-7,10-11H,9,12H2,1-2H3. The highest BCUT2D eigenvalue weighted by Crippen LogP contribution is 2.32. The molecule has 0 aliphatic carbocycles. The van der Waals surface area contributed by atoms with Crippen LogP contribution in [0.5, 0.6) is 11.5 Å². The molecular formula is C18H17IN2O3. The Bertz CT molecular complexity index is 757. The fourth-order valence-corrected chi connectivity index (χ4v) is 2.95. The molecule has 24 heavy (non-hydrogen) atoms. The van der Waals surface area contributed by atoms with Crippen molar-refractivity contribution in [1.82, 2.24) is 4.90 Å². The van der Waals surface area contributed by atoms with Crippen LogP contribution in [0.2, 0.25) is 0 Å². The maximum atomic E-state index is 12.9. The van der Waals surface area contributed by atoms with Crippen molar-refractivity contribution >= 4 is 28.5 Å². The topological polar surface area (TPSA) is 62.6 Å². The minimum absolute atomic E-state index is 0.0121. The summed E-state index contributed by atoms with van der Waals surface area (Å²) in [4.78, 5) is 14.4. The molecule has 0 bridgehead atoms. The van der Waals surface area contributed by atoms with Crippen LogP contribution in [0.3, 0.4) is 0 Å². The second-order valence-electron chi connectivity index (χ2n) is 4.99. The Morgan fingerprint density at radius 2 is 1.79 bits per heavy atom. The summed E-state index contributed by atoms with van der Waals surface area (Å²) >= 11 is 2.08. The molecule has 0 fully saturated rings. The fourth-order valence-electron chi connectivity index (χ4n) is 2.28. The van der Waals surface area contributed by atoms with E-state index < -0.39 is 0 Å². The number of nitriles is 1. The van der Waals surface area contributed by atoms with E-state index in [1.165, 1.54) is 12.0 Å². The van der Waals surface area contributed by atoms with Gasteiger partial charge in [0.15, 0.2) is 11.5 Å². The molecule has 1 amide bonds. The lowest BCUT2D eigenvalue weighted by Gasteiger charge is -2.21. The Morgan fingerprint density at radius 3 is 2.38 bits per heavy atom. The molecule has 0 unspecified atom stereocenters. The minimum Gasteiger partial charge on any atom is -0.493 e. The van der Waals surface area contributed by atoms with E-state index in [2.05, 4.69) is 28.7 Å². The van der Waals surface area contributed by atoms with E-state index in [1.54, 1.807) is 19.2 Å². The second kappa shape index (κ2) is 8.55. The summed E-state index contributed by atoms with van der Waals surface area (Å²) in [5, 5.41) is 9.07. The highest BCUT2D eigenvalue weighted by molar-refractivity contribution is 14.1. The van der Waals surface area contributed by atoms with Crippen molar-refractivity contribution in [2.24, 2.45) is 0 Å². The summed E-state index contributed by atoms with van der Waals surface area (Å²) in [5.74, 6) is 0.831. The first-order valence-electron chi connectivity index (χ1n) is 7.22. The van der Waals surface area contributed by atoms with Gasteiger partial charge in [0.2, 0.25) is 0 Å². The quantitative estimate of drug-likeness (QED) is 0.514. The van der Waals surface area contributed by atoms with Crippen LogP contribution >= 0.6 is 22.6 Å². The van der Waals surface area contributed by atoms with Gasteiger partial charge in [-0.05, 0) is 40.3 Å². The first-order valence-corrected chi connectivity index (χ1v) is 8.30. The highest BCUT2D eigenvalue weighted by atomic mass is 127. The van der Waals surface area contributed by atoms with Crippen molar-refractivity contribution in [3.8, 4) is 17.6 Å². The van der Waals surface area contributed by atoms with Crippen molar-refractivity contribution in [2.45, 2.75) is 6.54 Å². The van der Waals surface area contributed by atoms with Crippen LogP contribution in [0.25, 0.3) is 0 Å². The molecule has 2 rings (SSSR count). The molecule has 0 radical (unpaired) electrons. The predicted molar refractivity (Wildman–Crippen MR) is 99.1 cm³/mol. The third-order valence-electron chi connectivity index (χ3n) is 3.47. The van der Waals surface area contributed by atoms with Crippen molar-refractivity contribution in [3.05, 3.63) is 57.2 Å². The zero-order chi connectivity index (χ0) is 17.5. The number of carbonyl (C=O) groups excluding carboxylic acids is 1. The monoisotopic (exact) mass is 436 g/mol. The zero-order valence-corrected chi connectivity index (χ0v) is 15.6. The van der Waals surface area contributed by atoms with Crippen LogP contribution in [0, 0.1) is 14.9 Å². The van der Waals surface area contributed by atoms with E-state index in [4.69, 9.17) is 14.7 Å². The Balaban J connectivity index is 2.34. The molecule has 6 heteroatoms. The average molecular weight is 436 g/mol. The lowest BCUT2D eigenvalue weighted by molar-refractivity contribution is 0.0763. The van der Waals surface area contributed by atoms with E-state index in [-0.39, 0.29) is 12.5 Å². The van der Waals surface area contributed by atoms with Gasteiger partial charge in [-0.15, -0.1) is 0 Å². The van der Waals surface area contributed by atoms with Crippen molar-refractivity contribution < 1.29 is 14.3 Å². The van der Waals surface area contributed by atoms with Gasteiger partial charge in [0.25, 0.3) is 5.91 Å². The number of nitrogens with zero attached hydrogens (tertiary/aromatic N) is 2. The van der Waals surface area contributed by atoms with Crippen LogP contribution in [-0.2, 0) is 6.54 Å². The molecule has 5 nitrogen and oxygen atoms in total. The van der Waals surface area contributed by atoms with Crippen LogP contribution in [0.4, 0.5) is 0 Å². The van der Waals surface area contributed by atoms with Gasteiger partial charge in [0.1, 0.15) is 6.54 Å². The SMILES string of the molecule is COc1cc(I)c(C(=O)N(CC#N)Cc2ccccc2)cc1OC. The van der Waals surface area contributed by atoms with Gasteiger partial charge in [-0.2, -0.15) is 5.26 Å². The van der Waals surface area contributed by atoms with Crippen molar-refractivity contribution in [1.29, 1.82) is 5.26 Å². The maximum absolute atomic E-state index is 12.9. The number of methoxy groups -OCH3 is 2. The van der Waals surface area contributed by atoms with E-state index in [0.717, 1.165) is 9.13 Å². The summed E-state index contributed by atoms with van der Waals surface area (Å²) in [5.41, 5.74) is 1.45. The number of hydrogen-bond donors (Lipinski definition) is 0. The van der Waals surface area contributed by atoms with Gasteiger partial charge >= 0.3 is 0 Å². The first kappa shape index (κ1) is 18.1. The van der Waals surface area contributed by atoms with Crippen molar-refractivity contribution in [3.63, 3.8) is 0 Å². The van der Waals surface area contributed by atoms with Gasteiger partial charge in [0, 0.05) is 10.1 Å². The Hall–Kier alpha value is -2.27. The van der Waals surface area contributed by atoms with Gasteiger partial charge < -0.3 is 14.4 Å². The molecule has 0 aliphatic heterocycles. The third-order valence-corrected chi connectivity index (χ3v) is 4.36. The van der Waals surface area contributed by atoms with Crippen LogP contribution in [0.1, 0.15) is 15.9 Å². The molecule has 0 heterocycles. The molecule has 0 spiro atoms. The maximum Gasteiger partial charge on any atom is 0.256 e. The minimum atomic E-state index is -0.217. The number of carbonyl (C=O) groups is 1. The molecule has 0 aromatic heterocycles. The largest absolute Gasteiger partial charge is 0.493 e. The molecule has 0 saturated carbocycles. The molecule has 2 aromatic carbocycles. The molecule has 124 valence electrons. The average Bonchev–Trinajstić information content (AvgIpc) is 2.61. The first-order chi connectivity index (χ1) is 11.6.